The first-order valence-corrected chi connectivity index (χ1v) is 18.3. The average Bonchev–Trinajstić information content (AvgIpc) is 3.73. The van der Waals surface area contributed by atoms with Crippen molar-refractivity contribution in [3.63, 3.8) is 0 Å². The molecule has 0 aliphatic heterocycles. The number of benzene rings is 8. The van der Waals surface area contributed by atoms with E-state index in [1.165, 1.54) is 70.4 Å². The monoisotopic (exact) mass is 667 g/mol. The fourth-order valence-corrected chi connectivity index (χ4v) is 9.56. The van der Waals surface area contributed by atoms with Crippen LogP contribution in [0.5, 0.6) is 0 Å². The second kappa shape index (κ2) is 12.0. The molecule has 0 N–H and O–H groups in total. The normalized spacial score (nSPS) is 14.7. The van der Waals surface area contributed by atoms with E-state index in [-0.39, 0.29) is 0 Å². The average molecular weight is 668 g/mol. The molecule has 0 saturated heterocycles. The Morgan fingerprint density at radius 3 is 1.76 bits per heavy atom. The summed E-state index contributed by atoms with van der Waals surface area (Å²) in [7, 11) is 0. The molecule has 51 heavy (non-hydrogen) atoms. The molecule has 8 aromatic carbocycles. The molecule has 1 nitrogen and oxygen atoms in total. The number of hydrogen-bond acceptors (Lipinski definition) is 2. The molecule has 2 heteroatoms. The molecule has 1 heterocycles. The number of anilines is 3. The van der Waals surface area contributed by atoms with Crippen molar-refractivity contribution in [3.8, 4) is 22.3 Å². The van der Waals surface area contributed by atoms with Gasteiger partial charge in [0.1, 0.15) is 0 Å². The van der Waals surface area contributed by atoms with Crippen LogP contribution in [0.1, 0.15) is 22.3 Å². The summed E-state index contributed by atoms with van der Waals surface area (Å²) in [6.45, 7) is 0. The first kappa shape index (κ1) is 29.7. The largest absolute Gasteiger partial charge is 0.310 e. The summed E-state index contributed by atoms with van der Waals surface area (Å²) in [5.74, 6) is 0. The van der Waals surface area contributed by atoms with E-state index in [1.807, 2.05) is 11.3 Å². The molecule has 0 fully saturated rings. The Hall–Kier alpha value is -6.22. The van der Waals surface area contributed by atoms with Gasteiger partial charge in [-0.1, -0.05) is 158 Å². The summed E-state index contributed by atoms with van der Waals surface area (Å²) < 4.78 is 2.62. The van der Waals surface area contributed by atoms with Crippen LogP contribution in [0.15, 0.2) is 200 Å². The summed E-state index contributed by atoms with van der Waals surface area (Å²) in [6, 6.07) is 73.5. The summed E-state index contributed by atoms with van der Waals surface area (Å²) in [4.78, 5) is 2.46. The number of para-hydroxylation sites is 1. The predicted octanol–water partition coefficient (Wildman–Crippen LogP) is 13.6. The van der Waals surface area contributed by atoms with Crippen LogP contribution in [0.4, 0.5) is 17.1 Å². The molecular formula is C49H33NS. The second-order valence-corrected chi connectivity index (χ2v) is 14.3. The molecular weight excluding hydrogens is 635 g/mol. The van der Waals surface area contributed by atoms with Gasteiger partial charge in [0, 0.05) is 37.1 Å². The van der Waals surface area contributed by atoms with E-state index in [0.29, 0.717) is 0 Å². The number of nitrogens with zero attached hydrogens (tertiary/aromatic N) is 1. The van der Waals surface area contributed by atoms with Crippen LogP contribution in [-0.2, 0) is 5.41 Å². The second-order valence-electron chi connectivity index (χ2n) is 13.2. The Morgan fingerprint density at radius 2 is 0.980 bits per heavy atom. The molecule has 1 unspecified atom stereocenters. The van der Waals surface area contributed by atoms with Crippen LogP contribution >= 0.6 is 11.3 Å². The highest BCUT2D eigenvalue weighted by Gasteiger charge is 2.48. The molecule has 0 amide bonds. The molecule has 0 saturated carbocycles. The lowest BCUT2D eigenvalue weighted by Crippen LogP contribution is -2.29. The van der Waals surface area contributed by atoms with Crippen LogP contribution in [0.25, 0.3) is 42.4 Å². The lowest BCUT2D eigenvalue weighted by Gasteiger charge is -2.36. The fraction of sp³-hybridized carbons (Fsp3) is 0.0204. The Balaban J connectivity index is 1.30. The van der Waals surface area contributed by atoms with Crippen LogP contribution in [0, 0.1) is 0 Å². The zero-order valence-electron chi connectivity index (χ0n) is 27.9. The highest BCUT2D eigenvalue weighted by Crippen LogP contribution is 2.60. The lowest BCUT2D eigenvalue weighted by atomic mass is 9.66. The van der Waals surface area contributed by atoms with E-state index in [4.69, 9.17) is 0 Å². The summed E-state index contributed by atoms with van der Waals surface area (Å²) in [5.41, 5.74) is 13.0. The maximum atomic E-state index is 2.46. The van der Waals surface area contributed by atoms with Crippen LogP contribution in [-0.4, -0.2) is 0 Å². The van der Waals surface area contributed by atoms with Gasteiger partial charge in [-0.15, -0.1) is 11.3 Å². The third-order valence-electron chi connectivity index (χ3n) is 10.5. The summed E-state index contributed by atoms with van der Waals surface area (Å²) in [5, 5.41) is 2.59. The van der Waals surface area contributed by atoms with Gasteiger partial charge in [0.2, 0.25) is 0 Å². The highest BCUT2D eigenvalue weighted by molar-refractivity contribution is 7.25. The molecule has 1 atom stereocenters. The number of thiophene rings is 1. The third kappa shape index (κ3) is 4.54. The van der Waals surface area contributed by atoms with E-state index in [0.717, 1.165) is 11.4 Å². The zero-order chi connectivity index (χ0) is 33.8. The van der Waals surface area contributed by atoms with Gasteiger partial charge in [0.05, 0.1) is 11.1 Å². The Bertz CT molecular complexity index is 2690. The zero-order valence-corrected chi connectivity index (χ0v) is 28.7. The van der Waals surface area contributed by atoms with Gasteiger partial charge in [-0.3, -0.25) is 0 Å². The van der Waals surface area contributed by atoms with Crippen molar-refractivity contribution < 1.29 is 0 Å². The van der Waals surface area contributed by atoms with Crippen LogP contribution < -0.4 is 4.90 Å². The SMILES string of the molecule is c1ccc(-c2ccccc2C2(c3ccccc3)c3ccccc3-c3c(N(c4ccccc4)c4ccc5sc6ccccc6c5c4)cccc32)cc1. The number of hydrogen-bond donors (Lipinski definition) is 0. The Labute approximate surface area is 302 Å². The smallest absolute Gasteiger partial charge is 0.0720 e. The standard InChI is InChI=1S/C49H33NS/c1-4-17-34(18-5-1)38-23-10-13-26-42(38)49(35-19-6-2-7-20-35)43-27-14-11-25-40(43)48-44(49)28-16-29-45(48)50(36-21-8-3-9-22-36)37-31-32-47-41(33-37)39-24-12-15-30-46(39)51-47/h1-33H. The van der Waals surface area contributed by atoms with Crippen molar-refractivity contribution in [2.24, 2.45) is 0 Å². The quantitative estimate of drug-likeness (QED) is 0.171. The van der Waals surface area contributed by atoms with Crippen molar-refractivity contribution in [2.75, 3.05) is 4.90 Å². The van der Waals surface area contributed by atoms with E-state index in [2.05, 4.69) is 205 Å². The van der Waals surface area contributed by atoms with Gasteiger partial charge in [0.15, 0.2) is 0 Å². The van der Waals surface area contributed by atoms with Gasteiger partial charge in [-0.25, -0.2) is 0 Å². The minimum absolute atomic E-state index is 0.550. The predicted molar refractivity (Wildman–Crippen MR) is 217 cm³/mol. The van der Waals surface area contributed by atoms with Gasteiger partial charge in [-0.2, -0.15) is 0 Å². The van der Waals surface area contributed by atoms with Crippen LogP contribution in [0.2, 0.25) is 0 Å². The van der Waals surface area contributed by atoms with E-state index in [1.54, 1.807) is 0 Å². The van der Waals surface area contributed by atoms with Crippen molar-refractivity contribution >= 4 is 48.6 Å². The van der Waals surface area contributed by atoms with E-state index >= 15 is 0 Å². The van der Waals surface area contributed by atoms with Crippen molar-refractivity contribution in [1.82, 2.24) is 0 Å². The van der Waals surface area contributed by atoms with Crippen molar-refractivity contribution in [2.45, 2.75) is 5.41 Å². The molecule has 0 radical (unpaired) electrons. The third-order valence-corrected chi connectivity index (χ3v) is 11.7. The van der Waals surface area contributed by atoms with Crippen molar-refractivity contribution in [1.29, 1.82) is 0 Å². The molecule has 240 valence electrons. The molecule has 1 aromatic heterocycles. The van der Waals surface area contributed by atoms with E-state index < -0.39 is 5.41 Å². The van der Waals surface area contributed by atoms with Crippen molar-refractivity contribution in [3.05, 3.63) is 222 Å². The number of fused-ring (bicyclic) bond motifs is 6. The first-order chi connectivity index (χ1) is 25.3. The maximum absolute atomic E-state index is 2.46. The minimum atomic E-state index is -0.550. The van der Waals surface area contributed by atoms with Gasteiger partial charge < -0.3 is 4.90 Å². The summed E-state index contributed by atoms with van der Waals surface area (Å²) in [6.07, 6.45) is 0. The van der Waals surface area contributed by atoms with E-state index in [9.17, 15) is 0 Å². The molecule has 1 aliphatic carbocycles. The molecule has 0 spiro atoms. The molecule has 9 aromatic rings. The minimum Gasteiger partial charge on any atom is -0.310 e. The van der Waals surface area contributed by atoms with Gasteiger partial charge in [0.25, 0.3) is 0 Å². The first-order valence-electron chi connectivity index (χ1n) is 17.5. The highest BCUT2D eigenvalue weighted by atomic mass is 32.1. The molecule has 10 rings (SSSR count). The molecule has 1 aliphatic rings. The Kier molecular flexibility index (Phi) is 6.97. The van der Waals surface area contributed by atoms with Crippen LogP contribution in [0.3, 0.4) is 0 Å². The topological polar surface area (TPSA) is 3.24 Å². The number of rotatable bonds is 6. The Morgan fingerprint density at radius 1 is 0.392 bits per heavy atom. The molecule has 0 bridgehead atoms. The fourth-order valence-electron chi connectivity index (χ4n) is 8.48. The van der Waals surface area contributed by atoms with Gasteiger partial charge in [-0.05, 0) is 81.4 Å². The summed E-state index contributed by atoms with van der Waals surface area (Å²) >= 11 is 1.86. The van der Waals surface area contributed by atoms with Gasteiger partial charge >= 0.3 is 0 Å². The maximum Gasteiger partial charge on any atom is 0.0720 e. The lowest BCUT2D eigenvalue weighted by molar-refractivity contribution is 0.770.